The number of hydrogen-bond donors (Lipinski definition) is 4. The predicted molar refractivity (Wildman–Crippen MR) is 120 cm³/mol. The van der Waals surface area contributed by atoms with E-state index < -0.39 is 29.5 Å². The third-order valence-electron chi connectivity index (χ3n) is 5.49. The Labute approximate surface area is 193 Å². The van der Waals surface area contributed by atoms with Crippen LogP contribution in [0.5, 0.6) is 0 Å². The van der Waals surface area contributed by atoms with Crippen molar-refractivity contribution in [2.75, 3.05) is 6.54 Å². The summed E-state index contributed by atoms with van der Waals surface area (Å²) >= 11 is 5.88. The Morgan fingerprint density at radius 2 is 1.97 bits per heavy atom. The lowest BCUT2D eigenvalue weighted by Crippen LogP contribution is -2.51. The van der Waals surface area contributed by atoms with E-state index in [1.54, 1.807) is 24.3 Å². The van der Waals surface area contributed by atoms with Gasteiger partial charge in [-0.1, -0.05) is 37.6 Å². The average molecular weight is 463 g/mol. The SMILES string of the molecule is CC(C)C[C@H](NC(=O)CC(C)(O)c1ccc(Cl)cc1)C(=O)N[C@H](C#N)C[C@@H]1CCNC1=O. The highest BCUT2D eigenvalue weighted by Crippen LogP contribution is 2.26. The Bertz CT molecular complexity index is 864. The van der Waals surface area contributed by atoms with Crippen molar-refractivity contribution in [1.82, 2.24) is 16.0 Å². The van der Waals surface area contributed by atoms with E-state index in [9.17, 15) is 24.8 Å². The molecule has 0 saturated carbocycles. The van der Waals surface area contributed by atoms with Crippen LogP contribution in [0.1, 0.15) is 52.0 Å². The van der Waals surface area contributed by atoms with Gasteiger partial charge in [-0.3, -0.25) is 14.4 Å². The Morgan fingerprint density at radius 1 is 1.31 bits per heavy atom. The van der Waals surface area contributed by atoms with E-state index >= 15 is 0 Å². The Balaban J connectivity index is 2.02. The van der Waals surface area contributed by atoms with Crippen LogP contribution >= 0.6 is 11.6 Å². The zero-order valence-electron chi connectivity index (χ0n) is 18.7. The number of nitrogens with zero attached hydrogens (tertiary/aromatic N) is 1. The largest absolute Gasteiger partial charge is 0.385 e. The van der Waals surface area contributed by atoms with Crippen molar-refractivity contribution in [2.45, 2.75) is 64.1 Å². The Morgan fingerprint density at radius 3 is 2.50 bits per heavy atom. The summed E-state index contributed by atoms with van der Waals surface area (Å²) in [5.41, 5.74) is -0.917. The quantitative estimate of drug-likeness (QED) is 0.422. The van der Waals surface area contributed by atoms with Crippen molar-refractivity contribution in [3.63, 3.8) is 0 Å². The molecule has 3 amide bonds. The number of amides is 3. The molecule has 8 nitrogen and oxygen atoms in total. The third-order valence-corrected chi connectivity index (χ3v) is 5.74. The molecule has 1 unspecified atom stereocenters. The van der Waals surface area contributed by atoms with E-state index in [4.69, 9.17) is 11.6 Å². The molecule has 1 saturated heterocycles. The van der Waals surface area contributed by atoms with Crippen LogP contribution in [0.3, 0.4) is 0 Å². The van der Waals surface area contributed by atoms with Crippen LogP contribution in [-0.2, 0) is 20.0 Å². The highest BCUT2D eigenvalue weighted by Gasteiger charge is 2.32. The molecule has 32 heavy (non-hydrogen) atoms. The minimum atomic E-state index is -1.45. The van der Waals surface area contributed by atoms with Crippen molar-refractivity contribution in [1.29, 1.82) is 5.26 Å². The van der Waals surface area contributed by atoms with Gasteiger partial charge in [-0.2, -0.15) is 5.26 Å². The molecule has 1 aromatic rings. The van der Waals surface area contributed by atoms with E-state index in [1.165, 1.54) is 6.92 Å². The maximum atomic E-state index is 12.9. The molecular weight excluding hydrogens is 432 g/mol. The number of nitrogens with one attached hydrogen (secondary N) is 3. The van der Waals surface area contributed by atoms with Crippen molar-refractivity contribution in [2.24, 2.45) is 11.8 Å². The van der Waals surface area contributed by atoms with Crippen LogP contribution in [0.25, 0.3) is 0 Å². The minimum Gasteiger partial charge on any atom is -0.385 e. The summed E-state index contributed by atoms with van der Waals surface area (Å²) in [4.78, 5) is 37.3. The summed E-state index contributed by atoms with van der Waals surface area (Å²) in [6, 6.07) is 6.88. The number of carbonyl (C=O) groups is 3. The van der Waals surface area contributed by atoms with E-state index in [2.05, 4.69) is 16.0 Å². The molecule has 4 atom stereocenters. The van der Waals surface area contributed by atoms with Gasteiger partial charge < -0.3 is 21.1 Å². The van der Waals surface area contributed by atoms with Gasteiger partial charge in [0, 0.05) is 17.5 Å². The highest BCUT2D eigenvalue weighted by atomic mass is 35.5. The van der Waals surface area contributed by atoms with Gasteiger partial charge in [0.1, 0.15) is 12.1 Å². The standard InChI is InChI=1S/C23H31ClN4O4/c1-14(2)10-19(22(31)27-18(13-25)11-15-8-9-26-21(15)30)28-20(29)12-23(3,32)16-4-6-17(24)7-5-16/h4-7,14-15,18-19,32H,8-12H2,1-3H3,(H,26,30)(H,27,31)(H,28,29)/t15-,18-,19-,23?/m0/s1. The topological polar surface area (TPSA) is 131 Å². The summed E-state index contributed by atoms with van der Waals surface area (Å²) in [6.07, 6.45) is 0.962. The summed E-state index contributed by atoms with van der Waals surface area (Å²) < 4.78 is 0. The highest BCUT2D eigenvalue weighted by molar-refractivity contribution is 6.30. The number of carbonyl (C=O) groups excluding carboxylic acids is 3. The van der Waals surface area contributed by atoms with Gasteiger partial charge in [0.15, 0.2) is 0 Å². The molecule has 0 bridgehead atoms. The fourth-order valence-corrected chi connectivity index (χ4v) is 3.87. The van der Waals surface area contributed by atoms with Crippen molar-refractivity contribution in [3.8, 4) is 6.07 Å². The molecule has 0 aliphatic carbocycles. The third kappa shape index (κ3) is 7.50. The van der Waals surface area contributed by atoms with Crippen LogP contribution in [0, 0.1) is 23.2 Å². The normalized spacial score (nSPS) is 19.4. The first-order chi connectivity index (χ1) is 15.0. The number of aliphatic hydroxyl groups is 1. The van der Waals surface area contributed by atoms with Crippen LogP contribution in [0.15, 0.2) is 24.3 Å². The first-order valence-electron chi connectivity index (χ1n) is 10.8. The smallest absolute Gasteiger partial charge is 0.243 e. The molecule has 9 heteroatoms. The zero-order valence-corrected chi connectivity index (χ0v) is 19.4. The molecule has 1 aliphatic heterocycles. The van der Waals surface area contributed by atoms with Gasteiger partial charge >= 0.3 is 0 Å². The number of nitriles is 1. The molecule has 0 radical (unpaired) electrons. The monoisotopic (exact) mass is 462 g/mol. The first-order valence-corrected chi connectivity index (χ1v) is 11.1. The van der Waals surface area contributed by atoms with Gasteiger partial charge in [0.05, 0.1) is 18.1 Å². The molecule has 4 N–H and O–H groups in total. The predicted octanol–water partition coefficient (Wildman–Crippen LogP) is 2.00. The maximum absolute atomic E-state index is 12.9. The van der Waals surface area contributed by atoms with Gasteiger partial charge in [-0.05, 0) is 49.8 Å². The van der Waals surface area contributed by atoms with Gasteiger partial charge in [-0.25, -0.2) is 0 Å². The number of hydrogen-bond acceptors (Lipinski definition) is 5. The van der Waals surface area contributed by atoms with Crippen LogP contribution in [-0.4, -0.2) is 41.5 Å². The van der Waals surface area contributed by atoms with Crippen molar-refractivity contribution < 1.29 is 19.5 Å². The second-order valence-electron chi connectivity index (χ2n) is 8.91. The Kier molecular flexibility index (Phi) is 9.05. The lowest BCUT2D eigenvalue weighted by molar-refractivity contribution is -0.132. The fourth-order valence-electron chi connectivity index (χ4n) is 3.74. The second-order valence-corrected chi connectivity index (χ2v) is 9.35. The molecular formula is C23H31ClN4O4. The van der Waals surface area contributed by atoms with Crippen LogP contribution in [0.2, 0.25) is 5.02 Å². The lowest BCUT2D eigenvalue weighted by atomic mass is 9.92. The second kappa shape index (κ2) is 11.3. The molecule has 1 aromatic carbocycles. The molecule has 0 aromatic heterocycles. The summed E-state index contributed by atoms with van der Waals surface area (Å²) in [7, 11) is 0. The van der Waals surface area contributed by atoms with Gasteiger partial charge in [0.25, 0.3) is 0 Å². The van der Waals surface area contributed by atoms with Crippen molar-refractivity contribution in [3.05, 3.63) is 34.9 Å². The number of rotatable bonds is 10. The fraction of sp³-hybridized carbons (Fsp3) is 0.565. The summed E-state index contributed by atoms with van der Waals surface area (Å²) in [5.74, 6) is -1.30. The van der Waals surface area contributed by atoms with Gasteiger partial charge in [-0.15, -0.1) is 0 Å². The zero-order chi connectivity index (χ0) is 23.9. The summed E-state index contributed by atoms with van der Waals surface area (Å²) in [5, 5.41) is 28.8. The molecule has 174 valence electrons. The number of halogens is 1. The molecule has 1 fully saturated rings. The van der Waals surface area contributed by atoms with E-state index in [-0.39, 0.29) is 30.6 Å². The average Bonchev–Trinajstić information content (AvgIpc) is 3.10. The Hall–Kier alpha value is -2.63. The molecule has 2 rings (SSSR count). The van der Waals surface area contributed by atoms with Gasteiger partial charge in [0.2, 0.25) is 17.7 Å². The van der Waals surface area contributed by atoms with Crippen LogP contribution in [0.4, 0.5) is 0 Å². The number of benzene rings is 1. The molecule has 0 spiro atoms. The molecule has 1 heterocycles. The maximum Gasteiger partial charge on any atom is 0.243 e. The minimum absolute atomic E-state index is 0.101. The van der Waals surface area contributed by atoms with E-state index in [0.717, 1.165) is 0 Å². The van der Waals surface area contributed by atoms with E-state index in [1.807, 2.05) is 19.9 Å². The van der Waals surface area contributed by atoms with Crippen LogP contribution < -0.4 is 16.0 Å². The summed E-state index contributed by atoms with van der Waals surface area (Å²) in [6.45, 7) is 5.92. The van der Waals surface area contributed by atoms with Crippen molar-refractivity contribution >= 4 is 29.3 Å². The lowest BCUT2D eigenvalue weighted by Gasteiger charge is -2.26. The van der Waals surface area contributed by atoms with E-state index in [0.29, 0.717) is 30.0 Å². The molecule has 1 aliphatic rings. The first kappa shape index (κ1) is 25.6.